The number of nitrogens with one attached hydrogen (secondary N) is 3. The van der Waals surface area contributed by atoms with E-state index in [9.17, 15) is 9.59 Å². The molecule has 5 heteroatoms. The molecule has 3 N–H and O–H groups in total. The molecule has 0 aliphatic heterocycles. The Balaban J connectivity index is 2.34. The third-order valence-corrected chi connectivity index (χ3v) is 3.89. The lowest BCUT2D eigenvalue weighted by molar-refractivity contribution is -0.119. The highest BCUT2D eigenvalue weighted by Gasteiger charge is 2.05. The van der Waals surface area contributed by atoms with Crippen molar-refractivity contribution in [3.63, 3.8) is 0 Å². The Kier molecular flexibility index (Phi) is 9.58. The van der Waals surface area contributed by atoms with Gasteiger partial charge in [-0.3, -0.25) is 9.59 Å². The van der Waals surface area contributed by atoms with Crippen molar-refractivity contribution in [2.45, 2.75) is 59.3 Å². The molecule has 0 atom stereocenters. The van der Waals surface area contributed by atoms with Gasteiger partial charge in [-0.25, -0.2) is 0 Å². The Hall–Kier alpha value is -2.04. The van der Waals surface area contributed by atoms with E-state index < -0.39 is 0 Å². The zero-order valence-corrected chi connectivity index (χ0v) is 15.2. The maximum absolute atomic E-state index is 11.8. The van der Waals surface area contributed by atoms with Crippen molar-refractivity contribution in [2.24, 2.45) is 0 Å². The van der Waals surface area contributed by atoms with Crippen molar-refractivity contribution in [2.75, 3.05) is 23.7 Å². The average Bonchev–Trinajstić information content (AvgIpc) is 2.58. The summed E-state index contributed by atoms with van der Waals surface area (Å²) in [7, 11) is 0. The number of rotatable bonds is 11. The van der Waals surface area contributed by atoms with Crippen LogP contribution >= 0.6 is 0 Å². The van der Waals surface area contributed by atoms with Gasteiger partial charge < -0.3 is 16.0 Å². The number of anilines is 2. The topological polar surface area (TPSA) is 70.2 Å². The highest BCUT2D eigenvalue weighted by molar-refractivity contribution is 5.92. The van der Waals surface area contributed by atoms with Crippen molar-refractivity contribution in [1.29, 1.82) is 0 Å². The number of amides is 2. The molecule has 24 heavy (non-hydrogen) atoms. The minimum Gasteiger partial charge on any atom is -0.376 e. The number of carbonyl (C=O) groups is 2. The van der Waals surface area contributed by atoms with Crippen LogP contribution in [-0.2, 0) is 9.59 Å². The maximum Gasteiger partial charge on any atom is 0.239 e. The number of hydrogen-bond acceptors (Lipinski definition) is 3. The van der Waals surface area contributed by atoms with E-state index in [0.717, 1.165) is 29.9 Å². The zero-order chi connectivity index (χ0) is 17.8. The second-order valence-corrected chi connectivity index (χ2v) is 6.05. The molecule has 0 spiro atoms. The van der Waals surface area contributed by atoms with Gasteiger partial charge in [0.15, 0.2) is 0 Å². The SMILES string of the molecule is CCCCCCCNC(=O)CNc1ccc(C)c(NC(=O)CC)c1. The maximum atomic E-state index is 11.8. The summed E-state index contributed by atoms with van der Waals surface area (Å²) >= 11 is 0. The molecular weight excluding hydrogens is 302 g/mol. The standard InChI is InChI=1S/C19H31N3O2/c1-4-6-7-8-9-12-20-19(24)14-21-16-11-10-15(3)17(13-16)22-18(23)5-2/h10-11,13,21H,4-9,12,14H2,1-3H3,(H,20,24)(H,22,23). The highest BCUT2D eigenvalue weighted by Crippen LogP contribution is 2.20. The Morgan fingerprint density at radius 2 is 1.75 bits per heavy atom. The monoisotopic (exact) mass is 333 g/mol. The smallest absolute Gasteiger partial charge is 0.239 e. The quantitative estimate of drug-likeness (QED) is 0.539. The Morgan fingerprint density at radius 1 is 1.00 bits per heavy atom. The molecule has 0 aromatic heterocycles. The molecule has 0 aliphatic rings. The van der Waals surface area contributed by atoms with Gasteiger partial charge in [0.25, 0.3) is 0 Å². The van der Waals surface area contributed by atoms with Crippen molar-refractivity contribution in [3.8, 4) is 0 Å². The van der Waals surface area contributed by atoms with Gasteiger partial charge in [-0.05, 0) is 31.0 Å². The third kappa shape index (κ3) is 7.99. The molecule has 0 saturated heterocycles. The zero-order valence-electron chi connectivity index (χ0n) is 15.2. The van der Waals surface area contributed by atoms with E-state index in [0.29, 0.717) is 6.42 Å². The van der Waals surface area contributed by atoms with E-state index in [2.05, 4.69) is 22.9 Å². The van der Waals surface area contributed by atoms with Crippen LogP contribution < -0.4 is 16.0 Å². The summed E-state index contributed by atoms with van der Waals surface area (Å²) in [5, 5.41) is 8.89. The second-order valence-electron chi connectivity index (χ2n) is 6.05. The number of aryl methyl sites for hydroxylation is 1. The van der Waals surface area contributed by atoms with Gasteiger partial charge in [-0.2, -0.15) is 0 Å². The lowest BCUT2D eigenvalue weighted by Gasteiger charge is -2.12. The largest absolute Gasteiger partial charge is 0.376 e. The van der Waals surface area contributed by atoms with Crippen LogP contribution in [0.5, 0.6) is 0 Å². The number of benzene rings is 1. The number of unbranched alkanes of at least 4 members (excludes halogenated alkanes) is 4. The molecule has 2 amide bonds. The Morgan fingerprint density at radius 3 is 2.46 bits per heavy atom. The fraction of sp³-hybridized carbons (Fsp3) is 0.579. The molecule has 0 bridgehead atoms. The molecule has 0 heterocycles. The van der Waals surface area contributed by atoms with E-state index in [1.54, 1.807) is 0 Å². The summed E-state index contributed by atoms with van der Waals surface area (Å²) in [4.78, 5) is 23.4. The van der Waals surface area contributed by atoms with Gasteiger partial charge in [-0.1, -0.05) is 45.6 Å². The molecule has 0 fully saturated rings. The van der Waals surface area contributed by atoms with E-state index in [1.807, 2.05) is 32.0 Å². The molecule has 0 unspecified atom stereocenters. The van der Waals surface area contributed by atoms with Gasteiger partial charge in [-0.15, -0.1) is 0 Å². The van der Waals surface area contributed by atoms with Crippen molar-refractivity contribution < 1.29 is 9.59 Å². The van der Waals surface area contributed by atoms with Crippen molar-refractivity contribution in [3.05, 3.63) is 23.8 Å². The van der Waals surface area contributed by atoms with Gasteiger partial charge in [0.1, 0.15) is 0 Å². The van der Waals surface area contributed by atoms with Gasteiger partial charge in [0, 0.05) is 24.3 Å². The fourth-order valence-corrected chi connectivity index (χ4v) is 2.31. The predicted octanol–water partition coefficient (Wildman–Crippen LogP) is 3.84. The summed E-state index contributed by atoms with van der Waals surface area (Å²) in [6, 6.07) is 5.70. The summed E-state index contributed by atoms with van der Waals surface area (Å²) in [5.74, 6) is -0.0266. The summed E-state index contributed by atoms with van der Waals surface area (Å²) in [6.07, 6.45) is 6.37. The van der Waals surface area contributed by atoms with Crippen LogP contribution in [0.2, 0.25) is 0 Å². The lowest BCUT2D eigenvalue weighted by Crippen LogP contribution is -2.30. The first-order valence-corrected chi connectivity index (χ1v) is 8.97. The van der Waals surface area contributed by atoms with Crippen molar-refractivity contribution >= 4 is 23.2 Å². The van der Waals surface area contributed by atoms with Crippen LogP contribution in [0, 0.1) is 6.92 Å². The fourth-order valence-electron chi connectivity index (χ4n) is 2.31. The first-order valence-electron chi connectivity index (χ1n) is 8.97. The van der Waals surface area contributed by atoms with Crippen LogP contribution in [-0.4, -0.2) is 24.9 Å². The van der Waals surface area contributed by atoms with Crippen LogP contribution in [0.1, 0.15) is 57.9 Å². The second kappa shape index (κ2) is 11.5. The Labute approximate surface area is 145 Å². The van der Waals surface area contributed by atoms with E-state index in [-0.39, 0.29) is 18.4 Å². The number of hydrogen-bond donors (Lipinski definition) is 3. The first-order chi connectivity index (χ1) is 11.6. The molecule has 1 rings (SSSR count). The molecule has 1 aromatic carbocycles. The van der Waals surface area contributed by atoms with Crippen molar-refractivity contribution in [1.82, 2.24) is 5.32 Å². The molecule has 0 saturated carbocycles. The summed E-state index contributed by atoms with van der Waals surface area (Å²) < 4.78 is 0. The van der Waals surface area contributed by atoms with Crippen LogP contribution in [0.4, 0.5) is 11.4 Å². The predicted molar refractivity (Wildman–Crippen MR) is 100 cm³/mol. The van der Waals surface area contributed by atoms with Crippen LogP contribution in [0.3, 0.4) is 0 Å². The van der Waals surface area contributed by atoms with E-state index in [1.165, 1.54) is 25.7 Å². The highest BCUT2D eigenvalue weighted by atomic mass is 16.2. The normalized spacial score (nSPS) is 10.3. The molecule has 1 aromatic rings. The number of carbonyl (C=O) groups excluding carboxylic acids is 2. The first kappa shape index (κ1) is 20.0. The van der Waals surface area contributed by atoms with Crippen LogP contribution in [0.15, 0.2) is 18.2 Å². The summed E-state index contributed by atoms with van der Waals surface area (Å²) in [6.45, 7) is 6.92. The van der Waals surface area contributed by atoms with E-state index in [4.69, 9.17) is 0 Å². The van der Waals surface area contributed by atoms with Gasteiger partial charge in [0.05, 0.1) is 6.54 Å². The Bertz CT molecular complexity index is 529. The lowest BCUT2D eigenvalue weighted by atomic mass is 10.1. The molecule has 0 radical (unpaired) electrons. The summed E-state index contributed by atoms with van der Waals surface area (Å²) in [5.41, 5.74) is 2.60. The molecular formula is C19H31N3O2. The molecule has 0 aliphatic carbocycles. The molecule has 134 valence electrons. The van der Waals surface area contributed by atoms with Gasteiger partial charge >= 0.3 is 0 Å². The third-order valence-electron chi connectivity index (χ3n) is 3.89. The minimum atomic E-state index is -0.0175. The van der Waals surface area contributed by atoms with Crippen LogP contribution in [0.25, 0.3) is 0 Å². The van der Waals surface area contributed by atoms with Gasteiger partial charge in [0.2, 0.25) is 11.8 Å². The average molecular weight is 333 g/mol. The van der Waals surface area contributed by atoms with E-state index >= 15 is 0 Å². The minimum absolute atomic E-state index is 0.00906. The molecule has 5 nitrogen and oxygen atoms in total.